The summed E-state index contributed by atoms with van der Waals surface area (Å²) in [5, 5.41) is 0. The Labute approximate surface area is 158 Å². The Morgan fingerprint density at radius 2 is 1.63 bits per heavy atom. The second-order valence-corrected chi connectivity index (χ2v) is 7.81. The molecule has 1 aromatic rings. The van der Waals surface area contributed by atoms with E-state index in [0.29, 0.717) is 31.7 Å². The van der Waals surface area contributed by atoms with E-state index in [2.05, 4.69) is 0 Å². The Bertz CT molecular complexity index is 756. The van der Waals surface area contributed by atoms with Crippen LogP contribution in [0.1, 0.15) is 39.2 Å². The Morgan fingerprint density at radius 3 is 2.15 bits per heavy atom. The number of halogens is 1. The van der Waals surface area contributed by atoms with Crippen LogP contribution in [-0.4, -0.2) is 53.8 Å². The molecular weight excluding hydrogens is 351 g/mol. The summed E-state index contributed by atoms with van der Waals surface area (Å²) in [4.78, 5) is 27.4. The van der Waals surface area contributed by atoms with Crippen molar-refractivity contribution in [1.29, 1.82) is 0 Å². The van der Waals surface area contributed by atoms with E-state index in [1.54, 1.807) is 17.0 Å². The normalized spacial score (nSPS) is 16.8. The summed E-state index contributed by atoms with van der Waals surface area (Å²) in [5.41, 5.74) is 1.17. The summed E-state index contributed by atoms with van der Waals surface area (Å²) in [6, 6.07) is 4.43. The molecule has 0 spiro atoms. The number of amides is 2. The molecule has 1 aliphatic carbocycles. The van der Waals surface area contributed by atoms with Crippen molar-refractivity contribution in [2.24, 2.45) is 0 Å². The van der Waals surface area contributed by atoms with Crippen LogP contribution in [0.4, 0.5) is 14.0 Å². The third-order valence-electron chi connectivity index (χ3n) is 4.26. The number of rotatable bonds is 2. The molecule has 0 N–H and O–H groups in total. The van der Waals surface area contributed by atoms with Crippen molar-refractivity contribution >= 4 is 18.3 Å². The first-order valence-corrected chi connectivity index (χ1v) is 9.15. The summed E-state index contributed by atoms with van der Waals surface area (Å²) >= 11 is 0. The lowest BCUT2D eigenvalue weighted by Gasteiger charge is -2.35. The first-order valence-electron chi connectivity index (χ1n) is 9.15. The van der Waals surface area contributed by atoms with Crippen LogP contribution < -0.4 is 4.74 Å². The van der Waals surface area contributed by atoms with E-state index in [4.69, 9.17) is 9.47 Å². The summed E-state index contributed by atoms with van der Waals surface area (Å²) < 4.78 is 24.7. The van der Waals surface area contributed by atoms with Crippen molar-refractivity contribution < 1.29 is 23.5 Å². The second-order valence-electron chi connectivity index (χ2n) is 7.81. The van der Waals surface area contributed by atoms with Crippen molar-refractivity contribution in [2.75, 3.05) is 26.2 Å². The first-order chi connectivity index (χ1) is 12.7. The van der Waals surface area contributed by atoms with Gasteiger partial charge in [-0.2, -0.15) is 0 Å². The van der Waals surface area contributed by atoms with Gasteiger partial charge in [-0.05, 0) is 45.7 Å². The van der Waals surface area contributed by atoms with E-state index in [9.17, 15) is 14.0 Å². The number of nitrogens with zero attached hydrogens (tertiary/aromatic N) is 2. The molecular formula is C20H25FN2O4. The number of hydrogen-bond donors (Lipinski definition) is 0. The van der Waals surface area contributed by atoms with Crippen molar-refractivity contribution in [3.05, 3.63) is 35.2 Å². The number of benzene rings is 1. The molecule has 0 radical (unpaired) electrons. The largest absolute Gasteiger partial charge is 0.444 e. The third kappa shape index (κ3) is 5.45. The molecule has 0 atom stereocenters. The van der Waals surface area contributed by atoms with Crippen molar-refractivity contribution in [1.82, 2.24) is 9.80 Å². The zero-order valence-corrected chi connectivity index (χ0v) is 16.0. The lowest BCUT2D eigenvalue weighted by atomic mass is 10.2. The smallest absolute Gasteiger partial charge is 0.415 e. The van der Waals surface area contributed by atoms with Gasteiger partial charge in [0.15, 0.2) is 0 Å². The van der Waals surface area contributed by atoms with Crippen LogP contribution in [0.3, 0.4) is 0 Å². The standard InChI is InChI=1S/C20H25FN2O4/c1-20(2,3)27-19(25)23-10-8-22(9-11-23)18(24)26-16-7-6-15(17(21)13-16)12-14-4-5-14/h6-7,12-13H,4-5,8-11H2,1-3H3. The van der Waals surface area contributed by atoms with Gasteiger partial charge in [0.25, 0.3) is 0 Å². The zero-order chi connectivity index (χ0) is 19.6. The molecule has 2 fully saturated rings. The number of carbonyl (C=O) groups is 2. The van der Waals surface area contributed by atoms with Crippen molar-refractivity contribution in [2.45, 2.75) is 39.2 Å². The van der Waals surface area contributed by atoms with Crippen molar-refractivity contribution in [3.8, 4) is 5.75 Å². The van der Waals surface area contributed by atoms with Gasteiger partial charge in [0.1, 0.15) is 17.2 Å². The van der Waals surface area contributed by atoms with Gasteiger partial charge >= 0.3 is 12.2 Å². The number of hydrogen-bond acceptors (Lipinski definition) is 4. The Kier molecular flexibility index (Phi) is 5.39. The topological polar surface area (TPSA) is 59.1 Å². The van der Waals surface area contributed by atoms with Gasteiger partial charge in [0, 0.05) is 37.8 Å². The average Bonchev–Trinajstić information content (AvgIpc) is 3.40. The molecule has 2 aliphatic rings. The molecule has 1 saturated heterocycles. The first kappa shape index (κ1) is 19.2. The maximum atomic E-state index is 14.1. The number of carbonyl (C=O) groups excluding carboxylic acids is 2. The monoisotopic (exact) mass is 376 g/mol. The fourth-order valence-corrected chi connectivity index (χ4v) is 2.69. The highest BCUT2D eigenvalue weighted by Crippen LogP contribution is 2.31. The highest BCUT2D eigenvalue weighted by atomic mass is 19.1. The van der Waals surface area contributed by atoms with Crippen LogP contribution in [0.15, 0.2) is 23.8 Å². The summed E-state index contributed by atoms with van der Waals surface area (Å²) in [7, 11) is 0. The molecule has 0 unspecified atom stereocenters. The minimum absolute atomic E-state index is 0.171. The number of piperazine rings is 1. The number of ether oxygens (including phenoxy) is 2. The molecule has 0 bridgehead atoms. The lowest BCUT2D eigenvalue weighted by molar-refractivity contribution is 0.0154. The fourth-order valence-electron chi connectivity index (χ4n) is 2.69. The van der Waals surface area contributed by atoms with Gasteiger partial charge in [-0.1, -0.05) is 11.6 Å². The highest BCUT2D eigenvalue weighted by molar-refractivity contribution is 5.72. The zero-order valence-electron chi connectivity index (χ0n) is 16.0. The SMILES string of the molecule is CC(C)(C)OC(=O)N1CCN(C(=O)Oc2ccc(C=C3CC3)c(F)c2)CC1. The van der Waals surface area contributed by atoms with E-state index in [1.807, 2.05) is 26.8 Å². The van der Waals surface area contributed by atoms with Crippen LogP contribution in [0.25, 0.3) is 6.08 Å². The molecule has 3 rings (SSSR count). The average molecular weight is 376 g/mol. The van der Waals surface area contributed by atoms with Gasteiger partial charge in [0.05, 0.1) is 0 Å². The van der Waals surface area contributed by atoms with E-state index in [0.717, 1.165) is 12.8 Å². The van der Waals surface area contributed by atoms with E-state index >= 15 is 0 Å². The van der Waals surface area contributed by atoms with Crippen LogP contribution in [0.2, 0.25) is 0 Å². The molecule has 27 heavy (non-hydrogen) atoms. The summed E-state index contributed by atoms with van der Waals surface area (Å²) in [5.74, 6) is -0.237. The predicted octanol–water partition coefficient (Wildman–Crippen LogP) is 4.05. The van der Waals surface area contributed by atoms with Gasteiger partial charge < -0.3 is 19.3 Å². The molecule has 0 aromatic heterocycles. The van der Waals surface area contributed by atoms with Crippen LogP contribution in [0, 0.1) is 5.82 Å². The second kappa shape index (κ2) is 7.58. The Balaban J connectivity index is 1.51. The Morgan fingerprint density at radius 1 is 1.04 bits per heavy atom. The van der Waals surface area contributed by atoms with Crippen molar-refractivity contribution in [3.63, 3.8) is 0 Å². The van der Waals surface area contributed by atoms with Gasteiger partial charge in [-0.3, -0.25) is 0 Å². The van der Waals surface area contributed by atoms with Crippen LogP contribution >= 0.6 is 0 Å². The predicted molar refractivity (Wildman–Crippen MR) is 99.0 cm³/mol. The summed E-state index contributed by atoms with van der Waals surface area (Å²) in [6.45, 7) is 6.84. The molecule has 7 heteroatoms. The Hall–Kier alpha value is -2.57. The van der Waals surface area contributed by atoms with E-state index in [1.165, 1.54) is 16.5 Å². The molecule has 2 amide bonds. The quantitative estimate of drug-likeness (QED) is 0.781. The highest BCUT2D eigenvalue weighted by Gasteiger charge is 2.28. The fraction of sp³-hybridized carbons (Fsp3) is 0.500. The van der Waals surface area contributed by atoms with Gasteiger partial charge in [-0.25, -0.2) is 14.0 Å². The number of allylic oxidation sites excluding steroid dienone is 1. The molecule has 1 aliphatic heterocycles. The molecule has 1 aromatic carbocycles. The van der Waals surface area contributed by atoms with Crippen LogP contribution in [0.5, 0.6) is 5.75 Å². The molecule has 1 saturated carbocycles. The molecule has 1 heterocycles. The minimum atomic E-state index is -0.557. The van der Waals surface area contributed by atoms with Crippen LogP contribution in [-0.2, 0) is 4.74 Å². The molecule has 6 nitrogen and oxygen atoms in total. The molecule has 146 valence electrons. The van der Waals surface area contributed by atoms with E-state index in [-0.39, 0.29) is 5.75 Å². The maximum absolute atomic E-state index is 14.1. The minimum Gasteiger partial charge on any atom is -0.444 e. The van der Waals surface area contributed by atoms with Gasteiger partial charge in [0.2, 0.25) is 0 Å². The summed E-state index contributed by atoms with van der Waals surface area (Å²) in [6.07, 6.45) is 2.93. The van der Waals surface area contributed by atoms with Gasteiger partial charge in [-0.15, -0.1) is 0 Å². The lowest BCUT2D eigenvalue weighted by Crippen LogP contribution is -2.52. The van der Waals surface area contributed by atoms with E-state index < -0.39 is 23.6 Å². The third-order valence-corrected chi connectivity index (χ3v) is 4.26. The maximum Gasteiger partial charge on any atom is 0.415 e.